The third kappa shape index (κ3) is 3.36. The lowest BCUT2D eigenvalue weighted by atomic mass is 10.1. The topological polar surface area (TPSA) is 12.0 Å². The number of hydrogen-bond acceptors (Lipinski definition) is 1. The Kier molecular flexibility index (Phi) is 4.03. The molecular formula is C14H18ClN. The smallest absolute Gasteiger partial charge is 0.0478 e. The first-order valence-electron chi connectivity index (χ1n) is 5.97. The van der Waals surface area contributed by atoms with Gasteiger partial charge in [-0.2, -0.15) is 0 Å². The Morgan fingerprint density at radius 2 is 2.19 bits per heavy atom. The van der Waals surface area contributed by atoms with Gasteiger partial charge in [0.2, 0.25) is 0 Å². The zero-order valence-electron chi connectivity index (χ0n) is 9.67. The Morgan fingerprint density at radius 1 is 1.44 bits per heavy atom. The number of rotatable bonds is 5. The largest absolute Gasteiger partial charge is 0.310 e. The van der Waals surface area contributed by atoms with Gasteiger partial charge in [0, 0.05) is 17.6 Å². The van der Waals surface area contributed by atoms with Crippen LogP contribution >= 0.6 is 11.6 Å². The van der Waals surface area contributed by atoms with Crippen LogP contribution in [0.2, 0.25) is 5.02 Å². The lowest BCUT2D eigenvalue weighted by Gasteiger charge is -2.07. The van der Waals surface area contributed by atoms with Crippen LogP contribution in [-0.2, 0) is 0 Å². The molecule has 0 unspecified atom stereocenters. The van der Waals surface area contributed by atoms with E-state index in [2.05, 4.69) is 24.4 Å². The molecule has 0 saturated heterocycles. The molecule has 86 valence electrons. The lowest BCUT2D eigenvalue weighted by Crippen LogP contribution is -2.18. The minimum atomic E-state index is 0.765. The highest BCUT2D eigenvalue weighted by atomic mass is 35.5. The molecule has 0 spiro atoms. The monoisotopic (exact) mass is 235 g/mol. The van der Waals surface area contributed by atoms with Gasteiger partial charge < -0.3 is 5.32 Å². The molecule has 1 saturated carbocycles. The molecular weight excluding hydrogens is 218 g/mol. The van der Waals surface area contributed by atoms with Crippen LogP contribution in [-0.4, -0.2) is 12.6 Å². The number of halogens is 1. The first-order valence-corrected chi connectivity index (χ1v) is 6.34. The summed E-state index contributed by atoms with van der Waals surface area (Å²) in [7, 11) is 0. The molecule has 2 rings (SSSR count). The molecule has 1 fully saturated rings. The molecule has 0 aromatic heterocycles. The standard InChI is InChI=1S/C14H18ClN/c1-2-11(10-16-13-7-8-13)9-12-5-3-4-6-14(12)15/h3-6,9,13,16H,2,7-8,10H2,1H3. The van der Waals surface area contributed by atoms with E-state index in [-0.39, 0.29) is 0 Å². The van der Waals surface area contributed by atoms with Crippen LogP contribution in [0.25, 0.3) is 6.08 Å². The van der Waals surface area contributed by atoms with Gasteiger partial charge in [-0.1, -0.05) is 48.4 Å². The molecule has 0 aliphatic heterocycles. The minimum Gasteiger partial charge on any atom is -0.310 e. The van der Waals surface area contributed by atoms with Crippen LogP contribution in [0.1, 0.15) is 31.7 Å². The van der Waals surface area contributed by atoms with Gasteiger partial charge in [0.05, 0.1) is 0 Å². The van der Waals surface area contributed by atoms with Gasteiger partial charge in [-0.05, 0) is 30.9 Å². The van der Waals surface area contributed by atoms with E-state index in [9.17, 15) is 0 Å². The highest BCUT2D eigenvalue weighted by Crippen LogP contribution is 2.21. The van der Waals surface area contributed by atoms with Gasteiger partial charge >= 0.3 is 0 Å². The maximum absolute atomic E-state index is 6.14. The Bertz CT molecular complexity index is 380. The molecule has 1 aromatic rings. The second kappa shape index (κ2) is 5.51. The summed E-state index contributed by atoms with van der Waals surface area (Å²) in [6.45, 7) is 3.18. The average Bonchev–Trinajstić information content (AvgIpc) is 3.10. The predicted octanol–water partition coefficient (Wildman–Crippen LogP) is 3.89. The van der Waals surface area contributed by atoms with Crippen LogP contribution in [0, 0.1) is 0 Å². The fraction of sp³-hybridized carbons (Fsp3) is 0.429. The van der Waals surface area contributed by atoms with E-state index in [0.29, 0.717) is 0 Å². The van der Waals surface area contributed by atoms with E-state index in [1.165, 1.54) is 18.4 Å². The van der Waals surface area contributed by atoms with E-state index >= 15 is 0 Å². The predicted molar refractivity (Wildman–Crippen MR) is 70.7 cm³/mol. The molecule has 2 heteroatoms. The zero-order chi connectivity index (χ0) is 11.4. The average molecular weight is 236 g/mol. The van der Waals surface area contributed by atoms with Gasteiger partial charge in [-0.3, -0.25) is 0 Å². The summed E-state index contributed by atoms with van der Waals surface area (Å²) in [4.78, 5) is 0. The van der Waals surface area contributed by atoms with Crippen LogP contribution in [0.5, 0.6) is 0 Å². The van der Waals surface area contributed by atoms with E-state index in [1.807, 2.05) is 18.2 Å². The lowest BCUT2D eigenvalue weighted by molar-refractivity contribution is 0.723. The second-order valence-corrected chi connectivity index (χ2v) is 4.74. The summed E-state index contributed by atoms with van der Waals surface area (Å²) >= 11 is 6.14. The van der Waals surface area contributed by atoms with Crippen molar-refractivity contribution >= 4 is 17.7 Å². The minimum absolute atomic E-state index is 0.765. The van der Waals surface area contributed by atoms with Gasteiger partial charge in [-0.15, -0.1) is 0 Å². The fourth-order valence-corrected chi connectivity index (χ4v) is 1.84. The highest BCUT2D eigenvalue weighted by molar-refractivity contribution is 6.32. The number of nitrogens with one attached hydrogen (secondary N) is 1. The zero-order valence-corrected chi connectivity index (χ0v) is 10.4. The SMILES string of the molecule is CCC(=Cc1ccccc1Cl)CNC1CC1. The maximum Gasteiger partial charge on any atom is 0.0478 e. The Hall–Kier alpha value is -0.790. The third-order valence-electron chi connectivity index (χ3n) is 2.91. The maximum atomic E-state index is 6.14. The Morgan fingerprint density at radius 3 is 2.81 bits per heavy atom. The van der Waals surface area contributed by atoms with Gasteiger partial charge in [-0.25, -0.2) is 0 Å². The third-order valence-corrected chi connectivity index (χ3v) is 3.26. The molecule has 0 radical (unpaired) electrons. The number of benzene rings is 1. The molecule has 1 N–H and O–H groups in total. The second-order valence-electron chi connectivity index (χ2n) is 4.33. The molecule has 1 aliphatic carbocycles. The van der Waals surface area contributed by atoms with Crippen LogP contribution < -0.4 is 5.32 Å². The van der Waals surface area contributed by atoms with Crippen molar-refractivity contribution in [2.24, 2.45) is 0 Å². The Balaban J connectivity index is 2.03. The molecule has 1 nitrogen and oxygen atoms in total. The van der Waals surface area contributed by atoms with Crippen LogP contribution in [0.3, 0.4) is 0 Å². The fourth-order valence-electron chi connectivity index (χ4n) is 1.65. The molecule has 1 aliphatic rings. The van der Waals surface area contributed by atoms with Crippen molar-refractivity contribution in [2.45, 2.75) is 32.2 Å². The van der Waals surface area contributed by atoms with Crippen LogP contribution in [0.15, 0.2) is 29.8 Å². The van der Waals surface area contributed by atoms with E-state index < -0.39 is 0 Å². The van der Waals surface area contributed by atoms with Crippen molar-refractivity contribution in [3.8, 4) is 0 Å². The van der Waals surface area contributed by atoms with Crippen molar-refractivity contribution in [3.05, 3.63) is 40.4 Å². The van der Waals surface area contributed by atoms with Crippen molar-refractivity contribution < 1.29 is 0 Å². The first-order chi connectivity index (χ1) is 7.79. The highest BCUT2D eigenvalue weighted by Gasteiger charge is 2.20. The molecule has 0 bridgehead atoms. The Labute approximate surface area is 103 Å². The molecule has 1 aromatic carbocycles. The van der Waals surface area contributed by atoms with Gasteiger partial charge in [0.15, 0.2) is 0 Å². The molecule has 16 heavy (non-hydrogen) atoms. The summed E-state index contributed by atoms with van der Waals surface area (Å²) in [6, 6.07) is 8.76. The van der Waals surface area contributed by atoms with E-state index in [1.54, 1.807) is 0 Å². The van der Waals surface area contributed by atoms with Crippen molar-refractivity contribution in [2.75, 3.05) is 6.54 Å². The van der Waals surface area contributed by atoms with Gasteiger partial charge in [0.1, 0.15) is 0 Å². The summed E-state index contributed by atoms with van der Waals surface area (Å²) in [5.74, 6) is 0. The number of hydrogen-bond donors (Lipinski definition) is 1. The summed E-state index contributed by atoms with van der Waals surface area (Å²) < 4.78 is 0. The van der Waals surface area contributed by atoms with Crippen LogP contribution in [0.4, 0.5) is 0 Å². The summed E-state index contributed by atoms with van der Waals surface area (Å²) in [6.07, 6.45) is 5.95. The molecule has 0 amide bonds. The van der Waals surface area contributed by atoms with E-state index in [0.717, 1.165) is 29.6 Å². The quantitative estimate of drug-likeness (QED) is 0.817. The van der Waals surface area contributed by atoms with Crippen molar-refractivity contribution in [3.63, 3.8) is 0 Å². The normalized spacial score (nSPS) is 16.5. The molecule has 0 atom stereocenters. The molecule has 0 heterocycles. The first kappa shape index (κ1) is 11.7. The van der Waals surface area contributed by atoms with Gasteiger partial charge in [0.25, 0.3) is 0 Å². The van der Waals surface area contributed by atoms with Crippen molar-refractivity contribution in [1.82, 2.24) is 5.32 Å². The van der Waals surface area contributed by atoms with E-state index in [4.69, 9.17) is 11.6 Å². The summed E-state index contributed by atoms with van der Waals surface area (Å²) in [5, 5.41) is 4.37. The summed E-state index contributed by atoms with van der Waals surface area (Å²) in [5.41, 5.74) is 2.54. The van der Waals surface area contributed by atoms with Crippen molar-refractivity contribution in [1.29, 1.82) is 0 Å².